The molecule has 2 aliphatic carbocycles. The van der Waals surface area contributed by atoms with E-state index in [0.717, 1.165) is 19.3 Å². The molecule has 8 rings (SSSR count). The summed E-state index contributed by atoms with van der Waals surface area (Å²) >= 11 is 0. The highest BCUT2D eigenvalue weighted by molar-refractivity contribution is 6.28. The van der Waals surface area contributed by atoms with Crippen LogP contribution >= 0.6 is 0 Å². The van der Waals surface area contributed by atoms with Crippen molar-refractivity contribution in [1.82, 2.24) is 0 Å². The zero-order valence-corrected chi connectivity index (χ0v) is 21.6. The molecular weight excluding hydrogens is 488 g/mol. The van der Waals surface area contributed by atoms with Crippen LogP contribution in [0.5, 0.6) is 0 Å². The smallest absolute Gasteiger partial charge is 0.340 e. The van der Waals surface area contributed by atoms with E-state index >= 15 is 0 Å². The van der Waals surface area contributed by atoms with Crippen LogP contribution in [0.2, 0.25) is 0 Å². The molecule has 8 nitrogen and oxygen atoms in total. The molecule has 0 aromatic heterocycles. The number of hydrogen-bond donors (Lipinski definition) is 0. The van der Waals surface area contributed by atoms with Gasteiger partial charge in [-0.2, -0.15) is 0 Å². The van der Waals surface area contributed by atoms with Crippen molar-refractivity contribution in [3.8, 4) is 0 Å². The first-order valence-electron chi connectivity index (χ1n) is 13.5. The number of rotatable bonds is 2. The third-order valence-electron chi connectivity index (χ3n) is 9.48. The number of ether oxygens (including phenoxy) is 3. The van der Waals surface area contributed by atoms with Crippen LogP contribution in [0, 0.1) is 23.7 Å². The molecule has 198 valence electrons. The number of esters is 1. The summed E-state index contributed by atoms with van der Waals surface area (Å²) in [6.07, 6.45) is 1.94. The van der Waals surface area contributed by atoms with E-state index < -0.39 is 29.9 Å². The van der Waals surface area contributed by atoms with E-state index in [1.54, 1.807) is 24.3 Å². The third-order valence-corrected chi connectivity index (χ3v) is 9.48. The van der Waals surface area contributed by atoms with Crippen molar-refractivity contribution in [2.75, 3.05) is 0 Å². The molecule has 0 amide bonds. The largest absolute Gasteiger partial charge is 0.432 e. The Kier molecular flexibility index (Phi) is 5.27. The molecule has 2 bridgehead atoms. The summed E-state index contributed by atoms with van der Waals surface area (Å²) in [5, 5.41) is 0. The lowest BCUT2D eigenvalue weighted by molar-refractivity contribution is -0.576. The lowest BCUT2D eigenvalue weighted by Gasteiger charge is -2.59. The predicted octanol–water partition coefficient (Wildman–Crippen LogP) is 4.83. The Bertz CT molecular complexity index is 1370. The minimum atomic E-state index is -0.922. The Balaban J connectivity index is 1.17. The first kappa shape index (κ1) is 24.2. The fraction of sp³-hybridized carbons (Fsp3) is 0.500. The summed E-state index contributed by atoms with van der Waals surface area (Å²) in [6.45, 7) is 6.10. The molecule has 2 aromatic rings. The van der Waals surface area contributed by atoms with Gasteiger partial charge in [0, 0.05) is 40.5 Å². The molecule has 8 atom stereocenters. The van der Waals surface area contributed by atoms with Gasteiger partial charge >= 0.3 is 5.97 Å². The van der Waals surface area contributed by atoms with Crippen molar-refractivity contribution in [3.05, 3.63) is 70.3 Å². The van der Waals surface area contributed by atoms with E-state index in [9.17, 15) is 14.4 Å². The number of benzene rings is 2. The second-order valence-corrected chi connectivity index (χ2v) is 11.6. The molecule has 0 radical (unpaired) electrons. The van der Waals surface area contributed by atoms with E-state index in [-0.39, 0.29) is 46.0 Å². The van der Waals surface area contributed by atoms with Crippen LogP contribution in [0.15, 0.2) is 42.5 Å². The molecule has 4 saturated heterocycles. The average molecular weight is 519 g/mol. The zero-order chi connectivity index (χ0) is 26.4. The Morgan fingerprint density at radius 1 is 0.895 bits per heavy atom. The highest BCUT2D eigenvalue weighted by Gasteiger charge is 2.69. The highest BCUT2D eigenvalue weighted by atomic mass is 17.3. The van der Waals surface area contributed by atoms with Gasteiger partial charge in [-0.3, -0.25) is 9.59 Å². The molecule has 2 aromatic carbocycles. The van der Waals surface area contributed by atoms with Crippen molar-refractivity contribution >= 4 is 17.5 Å². The van der Waals surface area contributed by atoms with E-state index in [4.69, 9.17) is 24.0 Å². The second kappa shape index (κ2) is 8.29. The van der Waals surface area contributed by atoms with Crippen LogP contribution in [-0.2, 0) is 24.0 Å². The van der Waals surface area contributed by atoms with E-state index in [1.807, 2.05) is 13.8 Å². The molecule has 5 fully saturated rings. The summed E-state index contributed by atoms with van der Waals surface area (Å²) in [6, 6.07) is 11.2. The minimum Gasteiger partial charge on any atom is -0.432 e. The van der Waals surface area contributed by atoms with Crippen LogP contribution in [0.4, 0.5) is 0 Å². The zero-order valence-electron chi connectivity index (χ0n) is 21.6. The standard InChI is InChI=1S/C30H30O8/c1-15-8-11-23-16(2)27(35-28-30(23)22(15)12-13-29(3,36-28)37-38-30)34-26(33)17-9-10-20-21(14-17)25(32)19-7-5-4-6-18(19)24(20)31/h4-7,9-10,14-16,22-23,27-28H,8,11-13H2,1-3H3/t15-,16-,22+,23+,27+,28-,29+,30-/m1/s1. The van der Waals surface area contributed by atoms with Crippen LogP contribution in [0.1, 0.15) is 88.7 Å². The van der Waals surface area contributed by atoms with Gasteiger partial charge in [-0.25, -0.2) is 14.6 Å². The maximum atomic E-state index is 13.4. The Hall–Kier alpha value is -2.91. The summed E-state index contributed by atoms with van der Waals surface area (Å²) in [5.41, 5.74) is 0.628. The normalized spacial score (nSPS) is 39.0. The SMILES string of the molecule is C[C@H]1[C@@H](OC(=O)c2ccc3c(c2)C(=O)c2ccccc2C3=O)O[C@@H]2O[C@]3(C)CC[C@H]4[C@H](C)CC[C@@H]1[C@@]24OO3. The Morgan fingerprint density at radius 3 is 2.37 bits per heavy atom. The van der Waals surface area contributed by atoms with Gasteiger partial charge in [0.15, 0.2) is 23.5 Å². The summed E-state index contributed by atoms with van der Waals surface area (Å²) in [5.74, 6) is -1.59. The molecular formula is C30H30O8. The van der Waals surface area contributed by atoms with Gasteiger partial charge in [0.05, 0.1) is 5.56 Å². The van der Waals surface area contributed by atoms with Crippen molar-refractivity contribution < 1.29 is 38.4 Å². The number of fused-ring (bicyclic) bond motifs is 4. The maximum absolute atomic E-state index is 13.4. The van der Waals surface area contributed by atoms with E-state index in [0.29, 0.717) is 23.5 Å². The van der Waals surface area contributed by atoms with Crippen molar-refractivity contribution in [3.63, 3.8) is 0 Å². The number of carbonyl (C=O) groups excluding carboxylic acids is 3. The van der Waals surface area contributed by atoms with Gasteiger partial charge in [0.25, 0.3) is 0 Å². The first-order chi connectivity index (χ1) is 18.2. The van der Waals surface area contributed by atoms with Crippen molar-refractivity contribution in [2.45, 2.75) is 70.4 Å². The van der Waals surface area contributed by atoms with Crippen LogP contribution in [0.3, 0.4) is 0 Å². The monoisotopic (exact) mass is 518 g/mol. The molecule has 4 heterocycles. The molecule has 1 saturated carbocycles. The number of ketones is 2. The van der Waals surface area contributed by atoms with Crippen LogP contribution < -0.4 is 0 Å². The molecule has 6 aliphatic rings. The fourth-order valence-electron chi connectivity index (χ4n) is 7.41. The second-order valence-electron chi connectivity index (χ2n) is 11.6. The summed E-state index contributed by atoms with van der Waals surface area (Å²) < 4.78 is 18.6. The Labute approximate surface area is 220 Å². The molecule has 1 spiro atoms. The van der Waals surface area contributed by atoms with Gasteiger partial charge in [-0.1, -0.05) is 38.1 Å². The third kappa shape index (κ3) is 3.27. The first-order valence-corrected chi connectivity index (χ1v) is 13.5. The topological polar surface area (TPSA) is 97.4 Å². The lowest BCUT2D eigenvalue weighted by Crippen LogP contribution is -2.70. The molecule has 38 heavy (non-hydrogen) atoms. The maximum Gasteiger partial charge on any atom is 0.340 e. The summed E-state index contributed by atoms with van der Waals surface area (Å²) in [7, 11) is 0. The van der Waals surface area contributed by atoms with Gasteiger partial charge in [-0.15, -0.1) is 0 Å². The minimum absolute atomic E-state index is 0.0159. The molecule has 0 unspecified atom stereocenters. The van der Waals surface area contributed by atoms with Gasteiger partial charge in [0.1, 0.15) is 0 Å². The van der Waals surface area contributed by atoms with Crippen molar-refractivity contribution in [1.29, 1.82) is 0 Å². The van der Waals surface area contributed by atoms with Crippen LogP contribution in [0.25, 0.3) is 0 Å². The molecule has 4 aliphatic heterocycles. The highest BCUT2D eigenvalue weighted by Crippen LogP contribution is 2.60. The molecule has 0 N–H and O–H groups in total. The number of carbonyl (C=O) groups is 3. The van der Waals surface area contributed by atoms with Gasteiger partial charge in [-0.05, 0) is 56.2 Å². The van der Waals surface area contributed by atoms with Gasteiger partial charge < -0.3 is 14.2 Å². The fourth-order valence-corrected chi connectivity index (χ4v) is 7.41. The summed E-state index contributed by atoms with van der Waals surface area (Å²) in [4.78, 5) is 51.4. The van der Waals surface area contributed by atoms with Gasteiger partial charge in [0.2, 0.25) is 12.1 Å². The molecule has 8 heteroatoms. The average Bonchev–Trinajstić information content (AvgIpc) is 3.15. The van der Waals surface area contributed by atoms with Crippen LogP contribution in [-0.4, -0.2) is 41.5 Å². The number of hydrogen-bond acceptors (Lipinski definition) is 8. The lowest BCUT2D eigenvalue weighted by atomic mass is 9.58. The quantitative estimate of drug-likeness (QED) is 0.352. The van der Waals surface area contributed by atoms with Crippen molar-refractivity contribution in [2.24, 2.45) is 23.7 Å². The Morgan fingerprint density at radius 2 is 1.61 bits per heavy atom. The van der Waals surface area contributed by atoms with E-state index in [1.165, 1.54) is 18.2 Å². The van der Waals surface area contributed by atoms with E-state index in [2.05, 4.69) is 6.92 Å². The predicted molar refractivity (Wildman–Crippen MR) is 132 cm³/mol.